The molecule has 2 rings (SSSR count). The van der Waals surface area contributed by atoms with Crippen molar-refractivity contribution in [2.75, 3.05) is 18.9 Å². The molecule has 1 aliphatic heterocycles. The topological polar surface area (TPSA) is 70.7 Å². The molecule has 1 unspecified atom stereocenters. The van der Waals surface area contributed by atoms with E-state index in [1.165, 1.54) is 12.1 Å². The molecule has 0 aliphatic carbocycles. The van der Waals surface area contributed by atoms with E-state index in [1.54, 1.807) is 18.0 Å². The molecule has 0 bridgehead atoms. The van der Waals surface area contributed by atoms with Crippen LogP contribution in [-0.2, 0) is 4.79 Å². The highest BCUT2D eigenvalue weighted by Gasteiger charge is 2.32. The van der Waals surface area contributed by atoms with Crippen molar-refractivity contribution in [3.8, 4) is 0 Å². The van der Waals surface area contributed by atoms with Crippen molar-refractivity contribution in [1.29, 1.82) is 0 Å². The van der Waals surface area contributed by atoms with Crippen molar-refractivity contribution in [2.24, 2.45) is 10.7 Å². The van der Waals surface area contributed by atoms with Crippen LogP contribution in [0, 0.1) is 5.82 Å². The molecule has 0 fully saturated rings. The maximum absolute atomic E-state index is 14.1. The lowest BCUT2D eigenvalue weighted by Gasteiger charge is -2.25. The van der Waals surface area contributed by atoms with Crippen LogP contribution in [0.3, 0.4) is 0 Å². The molecule has 1 atom stereocenters. The summed E-state index contributed by atoms with van der Waals surface area (Å²) < 4.78 is 15.8. The number of hydrogen-bond acceptors (Lipinski definition) is 5. The number of likely N-dealkylation sites (N-methyl/N-ethyl adjacent to an activating group) is 1. The van der Waals surface area contributed by atoms with Crippen molar-refractivity contribution in [1.82, 2.24) is 4.31 Å². The van der Waals surface area contributed by atoms with Crippen molar-refractivity contribution in [3.05, 3.63) is 29.6 Å². The Morgan fingerprint density at radius 1 is 1.57 bits per heavy atom. The lowest BCUT2D eigenvalue weighted by atomic mass is 10.0. The fraction of sp³-hybridized carbons (Fsp3) is 0.429. The predicted molar refractivity (Wildman–Crippen MR) is 84.8 cm³/mol. The third-order valence-corrected chi connectivity index (χ3v) is 4.43. The van der Waals surface area contributed by atoms with Gasteiger partial charge in [0.25, 0.3) is 0 Å². The Kier molecular flexibility index (Phi) is 4.53. The van der Waals surface area contributed by atoms with Crippen molar-refractivity contribution >= 4 is 29.9 Å². The first-order chi connectivity index (χ1) is 9.83. The van der Waals surface area contributed by atoms with Crippen LogP contribution in [0.1, 0.15) is 25.5 Å². The molecule has 0 saturated heterocycles. The second kappa shape index (κ2) is 6.03. The fourth-order valence-electron chi connectivity index (χ4n) is 2.21. The zero-order chi connectivity index (χ0) is 15.6. The standard InChI is InChI=1S/C14H19FN4OS/c1-14(2)13(16)18-12(7-19(3)21-14)10-6-9(17-8-20)4-5-11(10)15/h4-6,8,12H,7H2,1-3H3,(H2,16,18)(H,17,20). The smallest absolute Gasteiger partial charge is 0.211 e. The molecule has 7 heteroatoms. The summed E-state index contributed by atoms with van der Waals surface area (Å²) in [6.45, 7) is 4.50. The van der Waals surface area contributed by atoms with Crippen molar-refractivity contribution < 1.29 is 9.18 Å². The predicted octanol–water partition coefficient (Wildman–Crippen LogP) is 2.16. The maximum atomic E-state index is 14.1. The van der Waals surface area contributed by atoms with Crippen LogP contribution >= 0.6 is 11.9 Å². The van der Waals surface area contributed by atoms with E-state index in [0.717, 1.165) is 0 Å². The Hall–Kier alpha value is -1.60. The summed E-state index contributed by atoms with van der Waals surface area (Å²) in [6, 6.07) is 4.04. The summed E-state index contributed by atoms with van der Waals surface area (Å²) in [4.78, 5) is 15.0. The number of anilines is 1. The number of hydrogen-bond donors (Lipinski definition) is 2. The van der Waals surface area contributed by atoms with Gasteiger partial charge in [-0.2, -0.15) is 0 Å². The van der Waals surface area contributed by atoms with Gasteiger partial charge in [0.1, 0.15) is 11.7 Å². The number of nitrogens with two attached hydrogens (primary N) is 1. The molecule has 0 aromatic heterocycles. The van der Waals surface area contributed by atoms with Gasteiger partial charge in [-0.05, 0) is 39.1 Å². The Morgan fingerprint density at radius 2 is 2.29 bits per heavy atom. The normalized spacial score (nSPS) is 22.3. The van der Waals surface area contributed by atoms with Gasteiger partial charge in [-0.1, -0.05) is 11.9 Å². The molecule has 5 nitrogen and oxygen atoms in total. The fourth-order valence-corrected chi connectivity index (χ4v) is 3.35. The minimum atomic E-state index is -0.405. The Morgan fingerprint density at radius 3 is 2.95 bits per heavy atom. The average molecular weight is 310 g/mol. The highest BCUT2D eigenvalue weighted by atomic mass is 32.2. The van der Waals surface area contributed by atoms with Gasteiger partial charge in [-0.3, -0.25) is 14.1 Å². The molecular weight excluding hydrogens is 291 g/mol. The molecule has 114 valence electrons. The van der Waals surface area contributed by atoms with E-state index >= 15 is 0 Å². The number of amides is 1. The largest absolute Gasteiger partial charge is 0.386 e. The quantitative estimate of drug-likeness (QED) is 0.663. The van der Waals surface area contributed by atoms with Gasteiger partial charge in [0.15, 0.2) is 0 Å². The second-order valence-electron chi connectivity index (χ2n) is 5.44. The van der Waals surface area contributed by atoms with Crippen LogP contribution in [0.25, 0.3) is 0 Å². The SMILES string of the molecule is CN1CC(c2cc(NC=O)ccc2F)N=C(N)C(C)(C)S1. The van der Waals surface area contributed by atoms with E-state index in [1.807, 2.05) is 25.2 Å². The van der Waals surface area contributed by atoms with Gasteiger partial charge < -0.3 is 11.1 Å². The zero-order valence-corrected chi connectivity index (χ0v) is 13.1. The summed E-state index contributed by atoms with van der Waals surface area (Å²) in [5.41, 5.74) is 7.02. The van der Waals surface area contributed by atoms with Crippen molar-refractivity contribution in [2.45, 2.75) is 24.6 Å². The minimum absolute atomic E-state index is 0.335. The van der Waals surface area contributed by atoms with Gasteiger partial charge in [0.2, 0.25) is 6.41 Å². The van der Waals surface area contributed by atoms with Crippen LogP contribution in [0.2, 0.25) is 0 Å². The number of aliphatic imine (C=N–C) groups is 1. The van der Waals surface area contributed by atoms with Gasteiger partial charge >= 0.3 is 0 Å². The van der Waals surface area contributed by atoms with Crippen LogP contribution in [0.4, 0.5) is 10.1 Å². The number of benzene rings is 1. The van der Waals surface area contributed by atoms with Crippen molar-refractivity contribution in [3.63, 3.8) is 0 Å². The molecule has 1 amide bonds. The Bertz CT molecular complexity index is 576. The highest BCUT2D eigenvalue weighted by molar-refractivity contribution is 7.99. The lowest BCUT2D eigenvalue weighted by Crippen LogP contribution is -2.36. The molecule has 0 spiro atoms. The van der Waals surface area contributed by atoms with E-state index < -0.39 is 6.04 Å². The first-order valence-corrected chi connectivity index (χ1v) is 7.34. The molecule has 1 aromatic carbocycles. The van der Waals surface area contributed by atoms with E-state index in [9.17, 15) is 9.18 Å². The summed E-state index contributed by atoms with van der Waals surface area (Å²) in [5, 5.41) is 2.52. The Balaban J connectivity index is 2.42. The van der Waals surface area contributed by atoms with E-state index in [-0.39, 0.29) is 10.6 Å². The molecule has 0 saturated carbocycles. The number of nitrogens with zero attached hydrogens (tertiary/aromatic N) is 2. The summed E-state index contributed by atoms with van der Waals surface area (Å²) in [7, 11) is 1.93. The van der Waals surface area contributed by atoms with Crippen LogP contribution in [0.5, 0.6) is 0 Å². The number of rotatable bonds is 3. The highest BCUT2D eigenvalue weighted by Crippen LogP contribution is 2.35. The molecule has 1 heterocycles. The third-order valence-electron chi connectivity index (χ3n) is 3.31. The van der Waals surface area contributed by atoms with Crippen LogP contribution in [0.15, 0.2) is 23.2 Å². The van der Waals surface area contributed by atoms with E-state index in [4.69, 9.17) is 5.73 Å². The summed E-state index contributed by atoms with van der Waals surface area (Å²) in [6.07, 6.45) is 0.562. The lowest BCUT2D eigenvalue weighted by molar-refractivity contribution is -0.105. The molecule has 1 aromatic rings. The molecular formula is C14H19FN4OS. The minimum Gasteiger partial charge on any atom is -0.386 e. The number of amidine groups is 1. The number of carbonyl (C=O) groups is 1. The first-order valence-electron chi connectivity index (χ1n) is 6.57. The monoisotopic (exact) mass is 310 g/mol. The van der Waals surface area contributed by atoms with Gasteiger partial charge in [-0.15, -0.1) is 0 Å². The number of nitrogens with one attached hydrogen (secondary N) is 1. The van der Waals surface area contributed by atoms with E-state index in [2.05, 4.69) is 10.3 Å². The number of halogens is 1. The second-order valence-corrected chi connectivity index (χ2v) is 7.27. The molecule has 1 aliphatic rings. The van der Waals surface area contributed by atoms with Gasteiger partial charge in [-0.25, -0.2) is 4.39 Å². The third kappa shape index (κ3) is 3.54. The zero-order valence-electron chi connectivity index (χ0n) is 12.3. The van der Waals surface area contributed by atoms with Gasteiger partial charge in [0, 0.05) is 17.8 Å². The summed E-state index contributed by atoms with van der Waals surface area (Å²) in [5.74, 6) is 0.126. The maximum Gasteiger partial charge on any atom is 0.211 e. The Labute approximate surface area is 127 Å². The molecule has 3 N–H and O–H groups in total. The molecule has 0 radical (unpaired) electrons. The summed E-state index contributed by atoms with van der Waals surface area (Å²) >= 11 is 1.57. The van der Waals surface area contributed by atoms with Crippen LogP contribution < -0.4 is 11.1 Å². The average Bonchev–Trinajstić information content (AvgIpc) is 2.48. The first kappa shape index (κ1) is 15.8. The number of carbonyl (C=O) groups excluding carboxylic acids is 1. The van der Waals surface area contributed by atoms with Gasteiger partial charge in [0.05, 0.1) is 10.8 Å². The van der Waals surface area contributed by atoms with E-state index in [0.29, 0.717) is 30.0 Å². The van der Waals surface area contributed by atoms with Crippen LogP contribution in [-0.4, -0.2) is 34.9 Å². The molecule has 21 heavy (non-hydrogen) atoms.